The van der Waals surface area contributed by atoms with Gasteiger partial charge in [-0.05, 0) is 67.3 Å². The van der Waals surface area contributed by atoms with Crippen LogP contribution in [0.3, 0.4) is 0 Å². The lowest BCUT2D eigenvalue weighted by Gasteiger charge is -2.56. The maximum Gasteiger partial charge on any atom is 0.149 e. The largest absolute Gasteiger partial charge is 0.370 e. The Balaban J connectivity index is 1.62. The zero-order valence-electron chi connectivity index (χ0n) is 18.4. The predicted molar refractivity (Wildman–Crippen MR) is 129 cm³/mol. The number of pyridine rings is 1. The van der Waals surface area contributed by atoms with Crippen molar-refractivity contribution in [2.75, 3.05) is 29.5 Å². The molecular formula is C27H28N2OS. The van der Waals surface area contributed by atoms with E-state index in [9.17, 15) is 4.79 Å². The zero-order chi connectivity index (χ0) is 21.6. The molecule has 0 aliphatic carbocycles. The highest BCUT2D eigenvalue weighted by molar-refractivity contribution is 8.00. The van der Waals surface area contributed by atoms with Crippen molar-refractivity contribution in [1.82, 2.24) is 4.98 Å². The van der Waals surface area contributed by atoms with E-state index in [0.717, 1.165) is 41.0 Å². The number of hydrogen-bond acceptors (Lipinski definition) is 4. The van der Waals surface area contributed by atoms with Gasteiger partial charge in [-0.15, -0.1) is 0 Å². The van der Waals surface area contributed by atoms with Crippen LogP contribution in [0.15, 0.2) is 66.9 Å². The molecule has 4 heteroatoms. The normalized spacial score (nSPS) is 18.7. The Morgan fingerprint density at radius 3 is 2.29 bits per heavy atom. The summed E-state index contributed by atoms with van der Waals surface area (Å²) in [6, 6.07) is 21.0. The van der Waals surface area contributed by atoms with Crippen molar-refractivity contribution in [1.29, 1.82) is 0 Å². The first-order valence-electron chi connectivity index (χ1n) is 10.9. The Hall–Kier alpha value is -2.59. The lowest BCUT2D eigenvalue weighted by molar-refractivity contribution is -0.119. The van der Waals surface area contributed by atoms with E-state index in [0.29, 0.717) is 5.41 Å². The molecule has 0 saturated carbocycles. The fourth-order valence-electron chi connectivity index (χ4n) is 5.29. The molecule has 31 heavy (non-hydrogen) atoms. The van der Waals surface area contributed by atoms with Gasteiger partial charge >= 0.3 is 0 Å². The first kappa shape index (κ1) is 20.3. The first-order chi connectivity index (χ1) is 14.9. The Kier molecular flexibility index (Phi) is 4.93. The standard InChI is InChI=1S/C27H28N2OS/c1-19-6-4-5-7-25(19)27(21(3)30,23-12-13-28-20(2)14-23)22-8-10-24(11-9-22)29-15-26(16-29)17-31-18-26/h4-14H,15-18H2,1-3H3/t27-/m0/s1. The number of nitrogens with zero attached hydrogens (tertiary/aromatic N) is 2. The van der Waals surface area contributed by atoms with Crippen molar-refractivity contribution in [2.24, 2.45) is 5.41 Å². The molecule has 3 nitrogen and oxygen atoms in total. The minimum atomic E-state index is -0.849. The SMILES string of the molecule is CC(=O)[C@](c1ccc(N2CC3(CSC3)C2)cc1)(c1ccnc(C)c1)c1ccccc1C. The molecule has 3 aromatic rings. The van der Waals surface area contributed by atoms with Gasteiger partial charge < -0.3 is 4.90 Å². The van der Waals surface area contributed by atoms with Gasteiger partial charge in [-0.25, -0.2) is 0 Å². The molecule has 1 atom stereocenters. The third-order valence-corrected chi connectivity index (χ3v) is 8.57. The summed E-state index contributed by atoms with van der Waals surface area (Å²) >= 11 is 2.05. The molecule has 2 saturated heterocycles. The van der Waals surface area contributed by atoms with Crippen LogP contribution in [-0.4, -0.2) is 35.4 Å². The number of rotatable bonds is 5. The van der Waals surface area contributed by atoms with Crippen molar-refractivity contribution >= 4 is 23.2 Å². The Morgan fingerprint density at radius 2 is 1.71 bits per heavy atom. The number of Topliss-reactive ketones (excluding diaryl/α,β-unsaturated/α-hetero) is 1. The van der Waals surface area contributed by atoms with Crippen molar-refractivity contribution < 1.29 is 4.79 Å². The molecule has 2 aromatic carbocycles. The first-order valence-corrected chi connectivity index (χ1v) is 12.0. The zero-order valence-corrected chi connectivity index (χ0v) is 19.2. The second-order valence-electron chi connectivity index (χ2n) is 9.20. The van der Waals surface area contributed by atoms with Gasteiger partial charge in [-0.2, -0.15) is 11.8 Å². The van der Waals surface area contributed by atoms with E-state index < -0.39 is 5.41 Å². The smallest absolute Gasteiger partial charge is 0.149 e. The Bertz CT molecular complexity index is 1130. The number of ketones is 1. The van der Waals surface area contributed by atoms with Crippen molar-refractivity contribution in [2.45, 2.75) is 26.2 Å². The Morgan fingerprint density at radius 1 is 1.00 bits per heavy atom. The summed E-state index contributed by atoms with van der Waals surface area (Å²) in [5, 5.41) is 0. The van der Waals surface area contributed by atoms with E-state index in [-0.39, 0.29) is 5.78 Å². The maximum atomic E-state index is 13.5. The number of thioether (sulfide) groups is 1. The van der Waals surface area contributed by atoms with Gasteiger partial charge in [0.1, 0.15) is 11.2 Å². The van der Waals surface area contributed by atoms with E-state index in [2.05, 4.69) is 71.0 Å². The highest BCUT2D eigenvalue weighted by Crippen LogP contribution is 2.47. The van der Waals surface area contributed by atoms with Gasteiger partial charge in [0.05, 0.1) is 0 Å². The molecule has 2 fully saturated rings. The van der Waals surface area contributed by atoms with E-state index in [4.69, 9.17) is 0 Å². The Labute approximate surface area is 188 Å². The average Bonchev–Trinajstić information content (AvgIpc) is 2.69. The van der Waals surface area contributed by atoms with Gasteiger partial charge in [-0.3, -0.25) is 9.78 Å². The van der Waals surface area contributed by atoms with E-state index in [1.54, 1.807) is 6.92 Å². The number of benzene rings is 2. The van der Waals surface area contributed by atoms with Gasteiger partial charge in [0, 0.05) is 47.6 Å². The van der Waals surface area contributed by atoms with Crippen LogP contribution in [0.25, 0.3) is 0 Å². The molecule has 0 unspecified atom stereocenters. The second kappa shape index (κ2) is 7.52. The third kappa shape index (κ3) is 3.20. The lowest BCUT2D eigenvalue weighted by Crippen LogP contribution is -2.63. The molecule has 0 amide bonds. The average molecular weight is 429 g/mol. The summed E-state index contributed by atoms with van der Waals surface area (Å²) in [7, 11) is 0. The van der Waals surface area contributed by atoms with Crippen LogP contribution < -0.4 is 4.90 Å². The number of carbonyl (C=O) groups excluding carboxylic acids is 1. The molecule has 0 N–H and O–H groups in total. The van der Waals surface area contributed by atoms with Crippen LogP contribution in [0.4, 0.5) is 5.69 Å². The fraction of sp³-hybridized carbons (Fsp3) is 0.333. The molecule has 1 aromatic heterocycles. The van der Waals surface area contributed by atoms with Crippen LogP contribution in [0.1, 0.15) is 34.9 Å². The van der Waals surface area contributed by atoms with Crippen LogP contribution >= 0.6 is 11.8 Å². The summed E-state index contributed by atoms with van der Waals surface area (Å²) in [6.07, 6.45) is 1.81. The van der Waals surface area contributed by atoms with Crippen LogP contribution in [0.2, 0.25) is 0 Å². The summed E-state index contributed by atoms with van der Waals surface area (Å²) < 4.78 is 0. The predicted octanol–water partition coefficient (Wildman–Crippen LogP) is 5.18. The maximum absolute atomic E-state index is 13.5. The van der Waals surface area contributed by atoms with Crippen molar-refractivity contribution in [3.05, 3.63) is 94.8 Å². The van der Waals surface area contributed by atoms with Crippen LogP contribution in [0, 0.1) is 19.3 Å². The molecule has 0 bridgehead atoms. The summed E-state index contributed by atoms with van der Waals surface area (Å²) in [5.74, 6) is 2.71. The van der Waals surface area contributed by atoms with Gasteiger partial charge in [0.15, 0.2) is 0 Å². The number of carbonyl (C=O) groups is 1. The second-order valence-corrected chi connectivity index (χ2v) is 10.2. The highest BCUT2D eigenvalue weighted by Gasteiger charge is 2.48. The molecule has 5 rings (SSSR count). The van der Waals surface area contributed by atoms with E-state index in [1.807, 2.05) is 31.3 Å². The molecule has 158 valence electrons. The third-order valence-electron chi connectivity index (χ3n) is 6.94. The number of aromatic nitrogens is 1. The van der Waals surface area contributed by atoms with Gasteiger partial charge in [-0.1, -0.05) is 36.4 Å². The molecular weight excluding hydrogens is 400 g/mol. The summed E-state index contributed by atoms with van der Waals surface area (Å²) in [4.78, 5) is 20.4. The fourth-order valence-corrected chi connectivity index (χ4v) is 6.43. The number of anilines is 1. The van der Waals surface area contributed by atoms with Crippen LogP contribution in [-0.2, 0) is 10.2 Å². The molecule has 2 aliphatic heterocycles. The summed E-state index contributed by atoms with van der Waals surface area (Å²) in [6.45, 7) is 8.08. The monoisotopic (exact) mass is 428 g/mol. The van der Waals surface area contributed by atoms with Crippen molar-refractivity contribution in [3.8, 4) is 0 Å². The summed E-state index contributed by atoms with van der Waals surface area (Å²) in [5.41, 5.74) is 6.01. The van der Waals surface area contributed by atoms with Gasteiger partial charge in [0.2, 0.25) is 0 Å². The van der Waals surface area contributed by atoms with Gasteiger partial charge in [0.25, 0.3) is 0 Å². The highest BCUT2D eigenvalue weighted by atomic mass is 32.2. The molecule has 2 aliphatic rings. The van der Waals surface area contributed by atoms with E-state index in [1.165, 1.54) is 17.2 Å². The van der Waals surface area contributed by atoms with Crippen molar-refractivity contribution in [3.63, 3.8) is 0 Å². The molecule has 3 heterocycles. The van der Waals surface area contributed by atoms with Crippen LogP contribution in [0.5, 0.6) is 0 Å². The lowest BCUT2D eigenvalue weighted by atomic mass is 9.66. The molecule has 1 spiro atoms. The minimum absolute atomic E-state index is 0.120. The van der Waals surface area contributed by atoms with E-state index >= 15 is 0 Å². The quantitative estimate of drug-likeness (QED) is 0.561. The number of aryl methyl sites for hydroxylation is 2. The molecule has 0 radical (unpaired) electrons. The minimum Gasteiger partial charge on any atom is -0.370 e. The number of hydrogen-bond donors (Lipinski definition) is 0. The topological polar surface area (TPSA) is 33.2 Å².